The first-order valence-electron chi connectivity index (χ1n) is 27.4. The molecule has 0 saturated heterocycles. The molecular weight excluding hydrogens is 957 g/mol. The number of benzene rings is 12. The summed E-state index contributed by atoms with van der Waals surface area (Å²) in [5.74, 6) is 0. The van der Waals surface area contributed by atoms with Crippen LogP contribution in [0.2, 0.25) is 0 Å². The van der Waals surface area contributed by atoms with Crippen molar-refractivity contribution in [3.63, 3.8) is 0 Å². The Morgan fingerprint density at radius 2 is 0.759 bits per heavy atom. The van der Waals surface area contributed by atoms with Crippen LogP contribution in [0.1, 0.15) is 47.2 Å². The molecule has 0 saturated carbocycles. The molecule has 0 N–H and O–H groups in total. The number of nitrogens with zero attached hydrogens (tertiary/aromatic N) is 2. The number of fused-ring (bicyclic) bond motifs is 9. The summed E-state index contributed by atoms with van der Waals surface area (Å²) in [6.45, 7) is 4.73. The fourth-order valence-corrected chi connectivity index (χ4v) is 13.3. The number of hydrogen-bond donors (Lipinski definition) is 0. The zero-order valence-electron chi connectivity index (χ0n) is 44.0. The van der Waals surface area contributed by atoms with Crippen molar-refractivity contribution in [3.05, 3.63) is 325 Å². The first kappa shape index (κ1) is 46.4. The molecular formula is C76H54N2O. The van der Waals surface area contributed by atoms with Crippen molar-refractivity contribution in [3.8, 4) is 44.5 Å². The fraction of sp³-hybridized carbons (Fsp3) is 0.0526. The van der Waals surface area contributed by atoms with Gasteiger partial charge in [-0.1, -0.05) is 226 Å². The third-order valence-electron chi connectivity index (χ3n) is 16.9. The topological polar surface area (TPSA) is 19.6 Å². The van der Waals surface area contributed by atoms with Crippen molar-refractivity contribution in [2.24, 2.45) is 0 Å². The van der Waals surface area contributed by atoms with E-state index in [0.717, 1.165) is 67.2 Å². The number of rotatable bonds is 10. The molecule has 3 heteroatoms. The first-order valence-corrected chi connectivity index (χ1v) is 27.4. The van der Waals surface area contributed by atoms with E-state index >= 15 is 0 Å². The van der Waals surface area contributed by atoms with Gasteiger partial charge in [-0.2, -0.15) is 0 Å². The van der Waals surface area contributed by atoms with E-state index in [2.05, 4.69) is 315 Å². The molecule has 0 amide bonds. The van der Waals surface area contributed by atoms with Crippen LogP contribution in [-0.4, -0.2) is 0 Å². The molecule has 13 aromatic rings. The largest absolute Gasteiger partial charge is 0.456 e. The minimum Gasteiger partial charge on any atom is -0.456 e. The average molecular weight is 1010 g/mol. The maximum atomic E-state index is 7.11. The van der Waals surface area contributed by atoms with Crippen molar-refractivity contribution in [1.82, 2.24) is 0 Å². The van der Waals surface area contributed by atoms with Gasteiger partial charge in [-0.15, -0.1) is 0 Å². The Morgan fingerprint density at radius 1 is 0.291 bits per heavy atom. The van der Waals surface area contributed by atoms with Crippen LogP contribution in [-0.2, 0) is 10.8 Å². The summed E-state index contributed by atoms with van der Waals surface area (Å²) in [6, 6.07) is 107. The van der Waals surface area contributed by atoms with Crippen LogP contribution in [0.25, 0.3) is 66.4 Å². The molecule has 0 spiro atoms. The summed E-state index contributed by atoms with van der Waals surface area (Å²) in [4.78, 5) is 4.84. The molecule has 79 heavy (non-hydrogen) atoms. The lowest BCUT2D eigenvalue weighted by Gasteiger charge is -2.34. The van der Waals surface area contributed by atoms with E-state index in [1.54, 1.807) is 0 Å². The molecule has 15 rings (SSSR count). The number of furan rings is 1. The third kappa shape index (κ3) is 7.34. The second-order valence-electron chi connectivity index (χ2n) is 21.6. The van der Waals surface area contributed by atoms with E-state index in [1.807, 2.05) is 0 Å². The van der Waals surface area contributed by atoms with Gasteiger partial charge in [0.05, 0.1) is 16.5 Å². The average Bonchev–Trinajstić information content (AvgIpc) is 3.95. The minimum atomic E-state index is -0.508. The lowest BCUT2D eigenvalue weighted by molar-refractivity contribution is 0.660. The highest BCUT2D eigenvalue weighted by atomic mass is 16.3. The van der Waals surface area contributed by atoms with E-state index in [1.165, 1.54) is 66.8 Å². The van der Waals surface area contributed by atoms with Gasteiger partial charge >= 0.3 is 0 Å². The molecule has 3 nitrogen and oxygen atoms in total. The van der Waals surface area contributed by atoms with Crippen molar-refractivity contribution in [1.29, 1.82) is 0 Å². The Labute approximate surface area is 461 Å². The van der Waals surface area contributed by atoms with Gasteiger partial charge in [0, 0.05) is 45.3 Å². The van der Waals surface area contributed by atoms with Crippen LogP contribution in [0.5, 0.6) is 0 Å². The molecule has 374 valence electrons. The second-order valence-corrected chi connectivity index (χ2v) is 21.6. The zero-order valence-corrected chi connectivity index (χ0v) is 44.0. The smallest absolute Gasteiger partial charge is 0.137 e. The Morgan fingerprint density at radius 3 is 1.41 bits per heavy atom. The summed E-state index contributed by atoms with van der Waals surface area (Å²) in [7, 11) is 0. The highest BCUT2D eigenvalue weighted by Gasteiger charge is 2.46. The molecule has 2 aliphatic carbocycles. The SMILES string of the molecule is CC1(C)c2ccccc2-c2ccc(N(c3ccc4c(c3)-c3ccccc3C4(c3ccccc3)c3ccccc3)c3ccc4c(c3)oc3cccc(N(c5cccc(-c6ccccc6)c5)c5cccc(-c6ccccc6)c5)c34)cc21. The van der Waals surface area contributed by atoms with Crippen LogP contribution >= 0.6 is 0 Å². The number of anilines is 6. The summed E-state index contributed by atoms with van der Waals surface area (Å²) in [6.07, 6.45) is 0. The molecule has 0 bridgehead atoms. The maximum absolute atomic E-state index is 7.11. The van der Waals surface area contributed by atoms with Crippen molar-refractivity contribution in [2.75, 3.05) is 9.80 Å². The lowest BCUT2D eigenvalue weighted by Crippen LogP contribution is -2.28. The van der Waals surface area contributed by atoms with E-state index in [4.69, 9.17) is 4.42 Å². The number of hydrogen-bond acceptors (Lipinski definition) is 3. The Bertz CT molecular complexity index is 4340. The normalized spacial score (nSPS) is 13.4. The van der Waals surface area contributed by atoms with Gasteiger partial charge in [0.2, 0.25) is 0 Å². The molecule has 1 aromatic heterocycles. The molecule has 12 aromatic carbocycles. The van der Waals surface area contributed by atoms with Crippen molar-refractivity contribution >= 4 is 56.1 Å². The van der Waals surface area contributed by atoms with Gasteiger partial charge in [0.25, 0.3) is 0 Å². The first-order chi connectivity index (χ1) is 38.9. The van der Waals surface area contributed by atoms with Crippen molar-refractivity contribution < 1.29 is 4.42 Å². The van der Waals surface area contributed by atoms with Crippen LogP contribution in [0.15, 0.2) is 296 Å². The monoisotopic (exact) mass is 1010 g/mol. The van der Waals surface area contributed by atoms with Crippen LogP contribution in [0.3, 0.4) is 0 Å². The Kier molecular flexibility index (Phi) is 10.8. The van der Waals surface area contributed by atoms with E-state index in [0.29, 0.717) is 0 Å². The lowest BCUT2D eigenvalue weighted by atomic mass is 9.68. The molecule has 2 aliphatic rings. The summed E-state index contributed by atoms with van der Waals surface area (Å²) in [5.41, 5.74) is 24.7. The van der Waals surface area contributed by atoms with Gasteiger partial charge in [-0.3, -0.25) is 0 Å². The van der Waals surface area contributed by atoms with Gasteiger partial charge in [-0.05, 0) is 151 Å². The highest BCUT2D eigenvalue weighted by molar-refractivity contribution is 6.14. The predicted octanol–water partition coefficient (Wildman–Crippen LogP) is 20.5. The van der Waals surface area contributed by atoms with E-state index < -0.39 is 5.41 Å². The Balaban J connectivity index is 0.930. The third-order valence-corrected chi connectivity index (χ3v) is 16.9. The van der Waals surface area contributed by atoms with Crippen LogP contribution in [0.4, 0.5) is 34.1 Å². The van der Waals surface area contributed by atoms with E-state index in [-0.39, 0.29) is 5.41 Å². The molecule has 0 atom stereocenters. The molecule has 0 radical (unpaired) electrons. The molecule has 0 unspecified atom stereocenters. The molecule has 0 fully saturated rings. The van der Waals surface area contributed by atoms with Crippen LogP contribution < -0.4 is 9.80 Å². The predicted molar refractivity (Wildman–Crippen MR) is 329 cm³/mol. The Hall–Kier alpha value is -9.96. The van der Waals surface area contributed by atoms with Gasteiger partial charge < -0.3 is 14.2 Å². The summed E-state index contributed by atoms with van der Waals surface area (Å²) >= 11 is 0. The van der Waals surface area contributed by atoms with Gasteiger partial charge in [0.15, 0.2) is 0 Å². The summed E-state index contributed by atoms with van der Waals surface area (Å²) in [5, 5.41) is 2.09. The van der Waals surface area contributed by atoms with E-state index in [9.17, 15) is 0 Å². The van der Waals surface area contributed by atoms with Crippen LogP contribution in [0, 0.1) is 0 Å². The van der Waals surface area contributed by atoms with Crippen molar-refractivity contribution in [2.45, 2.75) is 24.7 Å². The highest BCUT2D eigenvalue weighted by Crippen LogP contribution is 2.58. The van der Waals surface area contributed by atoms with Gasteiger partial charge in [0.1, 0.15) is 11.2 Å². The fourth-order valence-electron chi connectivity index (χ4n) is 13.3. The standard InChI is InChI=1S/C76H54N2O/c1-75(2)67-36-17-15-34-62(67)64-43-40-60(49-70(64)75)77(59-42-45-69-66(48-59)63-35-16-18-37-68(63)76(69,55-28-11-5-12-29-55)56-30-13-6-14-31-56)61-41-44-65-73(50-61)79-72-39-21-38-71(74(65)72)78(57-32-19-26-53(46-57)51-22-7-3-8-23-51)58-33-20-27-54(47-58)52-24-9-4-10-25-52/h3-50H,1-2H3. The zero-order chi connectivity index (χ0) is 52.7. The second kappa shape index (κ2) is 18.4. The minimum absolute atomic E-state index is 0.193. The summed E-state index contributed by atoms with van der Waals surface area (Å²) < 4.78 is 7.11. The quantitative estimate of drug-likeness (QED) is 0.136. The molecule has 0 aliphatic heterocycles. The molecule has 1 heterocycles. The maximum Gasteiger partial charge on any atom is 0.137 e. The van der Waals surface area contributed by atoms with Gasteiger partial charge in [-0.25, -0.2) is 0 Å².